The minimum absolute atomic E-state index is 0.553. The Morgan fingerprint density at radius 2 is 1.89 bits per heavy atom. The van der Waals surface area contributed by atoms with Crippen LogP contribution in [-0.4, -0.2) is 13.4 Å². The molecule has 0 atom stereocenters. The van der Waals surface area contributed by atoms with E-state index in [0.29, 0.717) is 17.0 Å². The van der Waals surface area contributed by atoms with Crippen molar-refractivity contribution in [2.24, 2.45) is 0 Å². The first-order valence-corrected chi connectivity index (χ1v) is 5.66. The van der Waals surface area contributed by atoms with E-state index in [1.165, 1.54) is 0 Å². The summed E-state index contributed by atoms with van der Waals surface area (Å²) in [5.41, 5.74) is 9.97. The second-order valence-electron chi connectivity index (χ2n) is 4.08. The number of hydrogen-bond donors (Lipinski definition) is 1. The fourth-order valence-corrected chi connectivity index (χ4v) is 2.10. The van der Waals surface area contributed by atoms with Crippen molar-refractivity contribution in [3.05, 3.63) is 47.5 Å². The topological polar surface area (TPSA) is 52.3 Å². The van der Waals surface area contributed by atoms with Gasteiger partial charge in [0.25, 0.3) is 0 Å². The lowest BCUT2D eigenvalue weighted by Gasteiger charge is -2.13. The van der Waals surface area contributed by atoms with Crippen LogP contribution in [0, 0.1) is 6.92 Å². The van der Waals surface area contributed by atoms with E-state index in [4.69, 9.17) is 10.5 Å². The first-order valence-electron chi connectivity index (χ1n) is 5.66. The number of carbonyl (C=O) groups excluding carboxylic acids is 1. The summed E-state index contributed by atoms with van der Waals surface area (Å²) in [6.07, 6.45) is 0.848. The maximum absolute atomic E-state index is 11.1. The van der Waals surface area contributed by atoms with Gasteiger partial charge in [0.2, 0.25) is 0 Å². The number of aldehydes is 1. The molecule has 0 aliphatic heterocycles. The average molecular weight is 241 g/mol. The molecule has 0 amide bonds. The van der Waals surface area contributed by atoms with E-state index in [2.05, 4.69) is 0 Å². The number of ether oxygens (including phenoxy) is 1. The van der Waals surface area contributed by atoms with Crippen LogP contribution >= 0.6 is 0 Å². The lowest BCUT2D eigenvalue weighted by Crippen LogP contribution is -1.98. The first-order chi connectivity index (χ1) is 8.69. The van der Waals surface area contributed by atoms with Crippen molar-refractivity contribution >= 4 is 12.0 Å². The lowest BCUT2D eigenvalue weighted by molar-refractivity contribution is 0.112. The van der Waals surface area contributed by atoms with Gasteiger partial charge >= 0.3 is 0 Å². The van der Waals surface area contributed by atoms with Gasteiger partial charge in [0.05, 0.1) is 12.8 Å². The molecule has 0 bridgehead atoms. The minimum Gasteiger partial charge on any atom is -0.495 e. The van der Waals surface area contributed by atoms with Crippen molar-refractivity contribution in [1.82, 2.24) is 0 Å². The summed E-state index contributed by atoms with van der Waals surface area (Å²) in [7, 11) is 1.58. The molecule has 0 saturated carbocycles. The van der Waals surface area contributed by atoms with Crippen LogP contribution in [0.15, 0.2) is 36.4 Å². The summed E-state index contributed by atoms with van der Waals surface area (Å²) in [5, 5.41) is 0. The lowest BCUT2D eigenvalue weighted by atomic mass is 9.94. The first kappa shape index (κ1) is 12.2. The number of carbonyl (C=O) groups is 1. The number of anilines is 1. The van der Waals surface area contributed by atoms with Gasteiger partial charge in [0, 0.05) is 11.1 Å². The van der Waals surface area contributed by atoms with Gasteiger partial charge in [-0.2, -0.15) is 0 Å². The number of hydrogen-bond acceptors (Lipinski definition) is 3. The minimum atomic E-state index is 0.553. The van der Waals surface area contributed by atoms with Gasteiger partial charge < -0.3 is 10.5 Å². The molecule has 92 valence electrons. The number of methoxy groups -OCH3 is 1. The van der Waals surface area contributed by atoms with E-state index in [-0.39, 0.29) is 0 Å². The van der Waals surface area contributed by atoms with E-state index in [9.17, 15) is 4.79 Å². The van der Waals surface area contributed by atoms with Crippen molar-refractivity contribution in [2.45, 2.75) is 6.92 Å². The van der Waals surface area contributed by atoms with E-state index >= 15 is 0 Å². The molecule has 0 spiro atoms. The van der Waals surface area contributed by atoms with Crippen molar-refractivity contribution < 1.29 is 9.53 Å². The average Bonchev–Trinajstić information content (AvgIpc) is 2.39. The van der Waals surface area contributed by atoms with Crippen molar-refractivity contribution in [3.63, 3.8) is 0 Å². The zero-order valence-electron chi connectivity index (χ0n) is 10.4. The van der Waals surface area contributed by atoms with Crippen LogP contribution < -0.4 is 10.5 Å². The van der Waals surface area contributed by atoms with Crippen LogP contribution in [-0.2, 0) is 0 Å². The molecule has 2 aromatic carbocycles. The van der Waals surface area contributed by atoms with Gasteiger partial charge in [-0.15, -0.1) is 0 Å². The van der Waals surface area contributed by atoms with Crippen LogP contribution in [0.3, 0.4) is 0 Å². The Kier molecular flexibility index (Phi) is 3.33. The van der Waals surface area contributed by atoms with Gasteiger partial charge in [-0.05, 0) is 24.1 Å². The smallest absolute Gasteiger partial charge is 0.150 e. The van der Waals surface area contributed by atoms with Crippen LogP contribution in [0.4, 0.5) is 5.69 Å². The van der Waals surface area contributed by atoms with E-state index in [0.717, 1.165) is 23.0 Å². The van der Waals surface area contributed by atoms with Crippen molar-refractivity contribution in [1.29, 1.82) is 0 Å². The predicted octanol–water partition coefficient (Wildman–Crippen LogP) is 3.07. The molecule has 3 nitrogen and oxygen atoms in total. The standard InChI is InChI=1S/C15H15NO2/c1-10-5-3-6-11(9-17)14(10)12-7-4-8-13(18-2)15(12)16/h3-9H,16H2,1-2H3. The maximum atomic E-state index is 11.1. The molecule has 2 N–H and O–H groups in total. The number of nitrogens with two attached hydrogens (primary N) is 1. The monoisotopic (exact) mass is 241 g/mol. The Morgan fingerprint density at radius 1 is 1.17 bits per heavy atom. The largest absolute Gasteiger partial charge is 0.495 e. The Hall–Kier alpha value is -2.29. The molecule has 2 aromatic rings. The Balaban J connectivity index is 2.73. The molecule has 0 unspecified atom stereocenters. The van der Waals surface area contributed by atoms with Crippen LogP contribution in [0.25, 0.3) is 11.1 Å². The highest BCUT2D eigenvalue weighted by molar-refractivity contribution is 5.93. The summed E-state index contributed by atoms with van der Waals surface area (Å²) < 4.78 is 5.21. The van der Waals surface area contributed by atoms with Crippen molar-refractivity contribution in [3.8, 4) is 16.9 Å². The van der Waals surface area contributed by atoms with Gasteiger partial charge in [-0.25, -0.2) is 0 Å². The molecular weight excluding hydrogens is 226 g/mol. The quantitative estimate of drug-likeness (QED) is 0.663. The van der Waals surface area contributed by atoms with Gasteiger partial charge in [-0.1, -0.05) is 30.3 Å². The highest BCUT2D eigenvalue weighted by Crippen LogP contribution is 2.36. The summed E-state index contributed by atoms with van der Waals surface area (Å²) >= 11 is 0. The zero-order chi connectivity index (χ0) is 13.1. The van der Waals surface area contributed by atoms with E-state index in [1.54, 1.807) is 19.2 Å². The zero-order valence-corrected chi connectivity index (χ0v) is 10.4. The normalized spacial score (nSPS) is 10.1. The Labute approximate surface area is 106 Å². The molecule has 2 rings (SSSR count). The van der Waals surface area contributed by atoms with E-state index < -0.39 is 0 Å². The summed E-state index contributed by atoms with van der Waals surface area (Å²) in [5.74, 6) is 0.618. The van der Waals surface area contributed by atoms with Gasteiger partial charge in [0.15, 0.2) is 6.29 Å². The number of benzene rings is 2. The molecule has 3 heteroatoms. The summed E-state index contributed by atoms with van der Waals surface area (Å²) in [6, 6.07) is 11.2. The van der Waals surface area contributed by atoms with E-state index in [1.807, 2.05) is 31.2 Å². The Bertz CT molecular complexity index is 591. The predicted molar refractivity (Wildman–Crippen MR) is 73.0 cm³/mol. The number of aryl methyl sites for hydroxylation is 1. The third-order valence-corrected chi connectivity index (χ3v) is 2.99. The SMILES string of the molecule is COc1cccc(-c2c(C)cccc2C=O)c1N. The highest BCUT2D eigenvalue weighted by atomic mass is 16.5. The number of rotatable bonds is 3. The molecule has 0 aromatic heterocycles. The number of para-hydroxylation sites is 1. The molecule has 0 aliphatic carbocycles. The van der Waals surface area contributed by atoms with Crippen LogP contribution in [0.5, 0.6) is 5.75 Å². The molecule has 0 radical (unpaired) electrons. The summed E-state index contributed by atoms with van der Waals surface area (Å²) in [6.45, 7) is 1.96. The van der Waals surface area contributed by atoms with Crippen LogP contribution in [0.1, 0.15) is 15.9 Å². The van der Waals surface area contributed by atoms with Crippen LogP contribution in [0.2, 0.25) is 0 Å². The fraction of sp³-hybridized carbons (Fsp3) is 0.133. The third-order valence-electron chi connectivity index (χ3n) is 2.99. The maximum Gasteiger partial charge on any atom is 0.150 e. The summed E-state index contributed by atoms with van der Waals surface area (Å²) in [4.78, 5) is 11.1. The second kappa shape index (κ2) is 4.92. The molecule has 0 fully saturated rings. The molecule has 0 aliphatic rings. The van der Waals surface area contributed by atoms with Crippen molar-refractivity contribution in [2.75, 3.05) is 12.8 Å². The molecular formula is C15H15NO2. The van der Waals surface area contributed by atoms with Gasteiger partial charge in [-0.3, -0.25) is 4.79 Å². The molecule has 0 saturated heterocycles. The van der Waals surface area contributed by atoms with Gasteiger partial charge in [0.1, 0.15) is 5.75 Å². The fourth-order valence-electron chi connectivity index (χ4n) is 2.10. The Morgan fingerprint density at radius 3 is 2.56 bits per heavy atom. The molecule has 18 heavy (non-hydrogen) atoms. The molecule has 0 heterocycles. The third kappa shape index (κ3) is 1.95. The highest BCUT2D eigenvalue weighted by Gasteiger charge is 2.12. The number of nitrogen functional groups attached to an aromatic ring is 1. The second-order valence-corrected chi connectivity index (χ2v) is 4.08.